The van der Waals surface area contributed by atoms with E-state index in [2.05, 4.69) is 16.0 Å². The molecule has 0 unspecified atom stereocenters. The van der Waals surface area contributed by atoms with E-state index in [1.165, 1.54) is 0 Å². The second kappa shape index (κ2) is 11.0. The number of benzene rings is 2. The molecule has 0 bridgehead atoms. The molecular formula is C25H29ClN4O5. The third-order valence-electron chi connectivity index (χ3n) is 6.14. The molecule has 1 saturated heterocycles. The minimum Gasteiger partial charge on any atom is -0.490 e. The fraction of sp³-hybridized carbons (Fsp3) is 0.400. The average Bonchev–Trinajstić information content (AvgIpc) is 2.82. The normalized spacial score (nSPS) is 21.5. The molecule has 186 valence electrons. The number of ether oxygens (including phenoxy) is 2. The number of urea groups is 1. The van der Waals surface area contributed by atoms with Gasteiger partial charge in [0.2, 0.25) is 5.91 Å². The van der Waals surface area contributed by atoms with Crippen LogP contribution in [0.25, 0.3) is 0 Å². The monoisotopic (exact) mass is 500 g/mol. The van der Waals surface area contributed by atoms with Gasteiger partial charge in [0.25, 0.3) is 5.91 Å². The van der Waals surface area contributed by atoms with Crippen LogP contribution in [0.1, 0.15) is 36.5 Å². The van der Waals surface area contributed by atoms with Crippen molar-refractivity contribution in [1.29, 1.82) is 0 Å². The molecule has 4 rings (SSSR count). The molecule has 3 atom stereocenters. The van der Waals surface area contributed by atoms with Crippen LogP contribution in [0, 0.1) is 0 Å². The van der Waals surface area contributed by atoms with Crippen molar-refractivity contribution in [3.63, 3.8) is 0 Å². The zero-order valence-corrected chi connectivity index (χ0v) is 20.4. The Kier molecular flexibility index (Phi) is 7.77. The molecule has 0 aromatic heterocycles. The summed E-state index contributed by atoms with van der Waals surface area (Å²) in [4.78, 5) is 39.4. The molecule has 2 aliphatic heterocycles. The molecule has 35 heavy (non-hydrogen) atoms. The van der Waals surface area contributed by atoms with Crippen molar-refractivity contribution in [3.8, 4) is 5.75 Å². The molecule has 2 aromatic rings. The summed E-state index contributed by atoms with van der Waals surface area (Å²) < 4.78 is 12.1. The summed E-state index contributed by atoms with van der Waals surface area (Å²) in [6.45, 7) is 2.71. The Morgan fingerprint density at radius 1 is 1.11 bits per heavy atom. The molecule has 2 aromatic carbocycles. The van der Waals surface area contributed by atoms with Crippen LogP contribution in [-0.4, -0.2) is 61.2 Å². The van der Waals surface area contributed by atoms with Gasteiger partial charge in [-0.1, -0.05) is 17.7 Å². The molecular weight excluding hydrogens is 472 g/mol. The first-order valence-corrected chi connectivity index (χ1v) is 12.0. The molecule has 0 saturated carbocycles. The Hall–Kier alpha value is -3.30. The Labute approximate surface area is 209 Å². The highest BCUT2D eigenvalue weighted by molar-refractivity contribution is 6.30. The number of carbonyl (C=O) groups is 3. The minimum atomic E-state index is -0.460. The topological polar surface area (TPSA) is 109 Å². The second-order valence-electron chi connectivity index (χ2n) is 8.63. The summed E-state index contributed by atoms with van der Waals surface area (Å²) in [7, 11) is 1.74. The van der Waals surface area contributed by atoms with Crippen molar-refractivity contribution < 1.29 is 23.9 Å². The molecule has 10 heteroatoms. The largest absolute Gasteiger partial charge is 0.490 e. The molecule has 0 radical (unpaired) electrons. The Bertz CT molecular complexity index is 1110. The van der Waals surface area contributed by atoms with E-state index in [0.29, 0.717) is 47.1 Å². The van der Waals surface area contributed by atoms with Crippen molar-refractivity contribution in [3.05, 3.63) is 53.1 Å². The smallest absolute Gasteiger partial charge is 0.323 e. The van der Waals surface area contributed by atoms with Gasteiger partial charge < -0.3 is 30.3 Å². The summed E-state index contributed by atoms with van der Waals surface area (Å²) in [5.74, 6) is 0.145. The molecule has 0 spiro atoms. The predicted molar refractivity (Wildman–Crippen MR) is 133 cm³/mol. The van der Waals surface area contributed by atoms with E-state index in [-0.39, 0.29) is 43.1 Å². The van der Waals surface area contributed by atoms with Gasteiger partial charge in [0, 0.05) is 30.0 Å². The standard InChI is InChI=1S/C25H29ClN4O5/c1-3-27-23(31)13-18-8-9-20-22(35-18)14-34-21-10-7-17(12-19(21)24(32)30(20)2)29-25(33)28-16-6-4-5-15(26)11-16/h4-7,10-12,18,20,22H,3,8-9,13-14H2,1-2H3,(H,27,31)(H2,28,29,33)/t18-,20-,22-/m0/s1. The lowest BCUT2D eigenvalue weighted by atomic mass is 9.94. The number of amides is 4. The number of likely N-dealkylation sites (N-methyl/N-ethyl adjacent to an activating group) is 1. The fourth-order valence-electron chi connectivity index (χ4n) is 4.44. The highest BCUT2D eigenvalue weighted by Gasteiger charge is 2.39. The molecule has 0 aliphatic carbocycles. The van der Waals surface area contributed by atoms with Crippen LogP contribution in [0.15, 0.2) is 42.5 Å². The minimum absolute atomic E-state index is 0.0445. The van der Waals surface area contributed by atoms with Gasteiger partial charge in [-0.3, -0.25) is 9.59 Å². The number of anilines is 2. The highest BCUT2D eigenvalue weighted by atomic mass is 35.5. The fourth-order valence-corrected chi connectivity index (χ4v) is 4.63. The van der Waals surface area contributed by atoms with Crippen LogP contribution < -0.4 is 20.7 Å². The van der Waals surface area contributed by atoms with E-state index < -0.39 is 6.03 Å². The number of hydrogen-bond acceptors (Lipinski definition) is 5. The van der Waals surface area contributed by atoms with Crippen LogP contribution in [0.3, 0.4) is 0 Å². The molecule has 1 fully saturated rings. The number of nitrogens with zero attached hydrogens (tertiary/aromatic N) is 1. The quantitative estimate of drug-likeness (QED) is 0.577. The van der Waals surface area contributed by atoms with Crippen LogP contribution >= 0.6 is 11.6 Å². The van der Waals surface area contributed by atoms with E-state index in [1.807, 2.05) is 6.92 Å². The van der Waals surface area contributed by atoms with Gasteiger partial charge in [0.05, 0.1) is 24.1 Å². The third-order valence-corrected chi connectivity index (χ3v) is 6.37. The number of fused-ring (bicyclic) bond motifs is 2. The van der Waals surface area contributed by atoms with Crippen molar-refractivity contribution in [2.24, 2.45) is 0 Å². The van der Waals surface area contributed by atoms with E-state index >= 15 is 0 Å². The summed E-state index contributed by atoms with van der Waals surface area (Å²) >= 11 is 5.96. The molecule has 3 N–H and O–H groups in total. The molecule has 9 nitrogen and oxygen atoms in total. The number of hydrogen-bond donors (Lipinski definition) is 3. The van der Waals surface area contributed by atoms with E-state index in [0.717, 1.165) is 0 Å². The third kappa shape index (κ3) is 6.04. The Morgan fingerprint density at radius 2 is 1.89 bits per heavy atom. The predicted octanol–water partition coefficient (Wildman–Crippen LogP) is 3.89. The second-order valence-corrected chi connectivity index (χ2v) is 9.06. The number of halogens is 1. The van der Waals surface area contributed by atoms with Gasteiger partial charge >= 0.3 is 6.03 Å². The zero-order chi connectivity index (χ0) is 24.9. The lowest BCUT2D eigenvalue weighted by Crippen LogP contribution is -2.54. The average molecular weight is 501 g/mol. The van der Waals surface area contributed by atoms with Crippen LogP contribution in [-0.2, 0) is 9.53 Å². The van der Waals surface area contributed by atoms with E-state index in [9.17, 15) is 14.4 Å². The Morgan fingerprint density at radius 3 is 2.63 bits per heavy atom. The van der Waals surface area contributed by atoms with E-state index in [4.69, 9.17) is 21.1 Å². The van der Waals surface area contributed by atoms with E-state index in [1.54, 1.807) is 54.4 Å². The highest BCUT2D eigenvalue weighted by Crippen LogP contribution is 2.32. The Balaban J connectivity index is 1.45. The maximum absolute atomic E-state index is 13.3. The first-order valence-electron chi connectivity index (χ1n) is 11.6. The van der Waals surface area contributed by atoms with Crippen LogP contribution in [0.4, 0.5) is 16.2 Å². The first kappa shape index (κ1) is 24.8. The van der Waals surface area contributed by atoms with Gasteiger partial charge in [-0.05, 0) is 56.2 Å². The zero-order valence-electron chi connectivity index (χ0n) is 19.7. The SMILES string of the molecule is CCNC(=O)C[C@@H]1CC[C@H]2[C@H](COc3ccc(NC(=O)Nc4cccc(Cl)c4)cc3C(=O)N2C)O1. The molecule has 2 aliphatic rings. The number of rotatable bonds is 5. The number of nitrogens with one attached hydrogen (secondary N) is 3. The lowest BCUT2D eigenvalue weighted by Gasteiger charge is -2.42. The van der Waals surface area contributed by atoms with Crippen molar-refractivity contribution in [1.82, 2.24) is 10.2 Å². The summed E-state index contributed by atoms with van der Waals surface area (Å²) in [5.41, 5.74) is 1.36. The molecule has 2 heterocycles. The number of carbonyl (C=O) groups excluding carboxylic acids is 3. The van der Waals surface area contributed by atoms with Crippen molar-refractivity contribution >= 4 is 40.8 Å². The van der Waals surface area contributed by atoms with Gasteiger partial charge in [-0.2, -0.15) is 0 Å². The first-order chi connectivity index (χ1) is 16.8. The van der Waals surface area contributed by atoms with Gasteiger partial charge in [-0.25, -0.2) is 4.79 Å². The van der Waals surface area contributed by atoms with Gasteiger partial charge in [0.15, 0.2) is 0 Å². The maximum Gasteiger partial charge on any atom is 0.323 e. The summed E-state index contributed by atoms with van der Waals surface area (Å²) in [5, 5.41) is 8.76. The maximum atomic E-state index is 13.3. The van der Waals surface area contributed by atoms with Crippen LogP contribution in [0.2, 0.25) is 5.02 Å². The molecule has 4 amide bonds. The summed E-state index contributed by atoms with van der Waals surface area (Å²) in [6.07, 6.45) is 1.12. The summed E-state index contributed by atoms with van der Waals surface area (Å²) in [6, 6.07) is 11.1. The lowest BCUT2D eigenvalue weighted by molar-refractivity contribution is -0.133. The van der Waals surface area contributed by atoms with Gasteiger partial charge in [-0.15, -0.1) is 0 Å². The van der Waals surface area contributed by atoms with Crippen molar-refractivity contribution in [2.75, 3.05) is 30.8 Å². The van der Waals surface area contributed by atoms with Crippen LogP contribution in [0.5, 0.6) is 5.75 Å². The van der Waals surface area contributed by atoms with Gasteiger partial charge in [0.1, 0.15) is 18.5 Å². The van der Waals surface area contributed by atoms with Crippen molar-refractivity contribution in [2.45, 2.75) is 44.4 Å².